The first kappa shape index (κ1) is 28.9. The third-order valence-electron chi connectivity index (χ3n) is 10.1. The highest BCUT2D eigenvalue weighted by Gasteiger charge is 2.50. The molecule has 234 valence electrons. The number of hydrogen-bond acceptors (Lipinski definition) is 4. The second-order valence-corrected chi connectivity index (χ2v) is 13.9. The van der Waals surface area contributed by atoms with Crippen LogP contribution in [0.1, 0.15) is 22.3 Å². The molecule has 0 saturated heterocycles. The molecule has 1 spiro atoms. The highest BCUT2D eigenvalue weighted by atomic mass is 32.2. The number of hydrogen-bond donors (Lipinski definition) is 0. The normalized spacial score (nSPS) is 13.3. The molecule has 0 N–H and O–H groups in total. The van der Waals surface area contributed by atoms with Crippen molar-refractivity contribution < 1.29 is 0 Å². The van der Waals surface area contributed by atoms with Crippen LogP contribution in [0.2, 0.25) is 0 Å². The quantitative estimate of drug-likeness (QED) is 0.189. The summed E-state index contributed by atoms with van der Waals surface area (Å²) >= 11 is 1.88. The second kappa shape index (κ2) is 11.5. The van der Waals surface area contributed by atoms with Crippen molar-refractivity contribution in [3.8, 4) is 56.2 Å². The topological polar surface area (TPSA) is 38.7 Å². The van der Waals surface area contributed by atoms with Crippen LogP contribution < -0.4 is 0 Å². The molecule has 0 unspecified atom stereocenters. The van der Waals surface area contributed by atoms with Crippen molar-refractivity contribution in [3.05, 3.63) is 198 Å². The number of nitrogens with zero attached hydrogens (tertiary/aromatic N) is 3. The molecule has 3 nitrogen and oxygen atoms in total. The summed E-state index contributed by atoms with van der Waals surface area (Å²) in [6.45, 7) is 0. The fraction of sp³-hybridized carbons (Fsp3) is 0.0217. The Kier molecular flexibility index (Phi) is 6.64. The molecule has 7 aromatic carbocycles. The summed E-state index contributed by atoms with van der Waals surface area (Å²) in [6.07, 6.45) is 0. The number of benzene rings is 7. The van der Waals surface area contributed by atoms with Crippen molar-refractivity contribution in [1.29, 1.82) is 0 Å². The third kappa shape index (κ3) is 4.35. The van der Waals surface area contributed by atoms with E-state index in [2.05, 4.69) is 132 Å². The van der Waals surface area contributed by atoms with E-state index in [0.29, 0.717) is 5.82 Å². The van der Waals surface area contributed by atoms with E-state index in [4.69, 9.17) is 10.1 Å². The van der Waals surface area contributed by atoms with E-state index in [9.17, 15) is 0 Å². The number of aromatic nitrogens is 3. The van der Waals surface area contributed by atoms with Gasteiger partial charge in [0, 0.05) is 26.5 Å². The third-order valence-corrected chi connectivity index (χ3v) is 11.3. The Labute approximate surface area is 295 Å². The molecule has 0 fully saturated rings. The zero-order valence-electron chi connectivity index (χ0n) is 27.0. The highest BCUT2D eigenvalue weighted by Crippen LogP contribution is 2.62. The van der Waals surface area contributed by atoms with Crippen molar-refractivity contribution in [2.45, 2.75) is 15.2 Å². The Morgan fingerprint density at radius 1 is 0.360 bits per heavy atom. The average molecular weight is 656 g/mol. The van der Waals surface area contributed by atoms with Crippen molar-refractivity contribution >= 4 is 11.8 Å². The SMILES string of the molecule is c1ccc(-c2nnc(-c3ccc(-c4ccc5c(c4)C4(c6ccccc6Sc6ccccc64)c4ccccc4-5)cc3)c(-c3ccccc3)n2)cc1. The molecule has 0 radical (unpaired) electrons. The van der Waals surface area contributed by atoms with Crippen LogP contribution in [0.3, 0.4) is 0 Å². The molecular weight excluding hydrogens is 627 g/mol. The maximum atomic E-state index is 5.04. The molecule has 50 heavy (non-hydrogen) atoms. The first-order valence-corrected chi connectivity index (χ1v) is 17.7. The van der Waals surface area contributed by atoms with Gasteiger partial charge in [0.2, 0.25) is 0 Å². The zero-order chi connectivity index (χ0) is 33.1. The van der Waals surface area contributed by atoms with E-state index in [0.717, 1.165) is 33.6 Å². The molecule has 2 heterocycles. The minimum Gasteiger partial charge on any atom is -0.224 e. The fourth-order valence-corrected chi connectivity index (χ4v) is 9.07. The van der Waals surface area contributed by atoms with Gasteiger partial charge < -0.3 is 0 Å². The smallest absolute Gasteiger partial charge is 0.182 e. The lowest BCUT2D eigenvalue weighted by atomic mass is 9.67. The molecule has 2 aliphatic rings. The highest BCUT2D eigenvalue weighted by molar-refractivity contribution is 7.99. The van der Waals surface area contributed by atoms with Gasteiger partial charge in [-0.15, -0.1) is 10.2 Å². The van der Waals surface area contributed by atoms with Crippen LogP contribution in [0, 0.1) is 0 Å². The number of fused-ring (bicyclic) bond motifs is 9. The Bertz CT molecular complexity index is 2520. The monoisotopic (exact) mass is 655 g/mol. The Morgan fingerprint density at radius 2 is 0.880 bits per heavy atom. The van der Waals surface area contributed by atoms with Gasteiger partial charge in [-0.3, -0.25) is 0 Å². The van der Waals surface area contributed by atoms with Crippen LogP contribution >= 0.6 is 11.8 Å². The molecular formula is C46H29N3S. The van der Waals surface area contributed by atoms with Gasteiger partial charge in [0.05, 0.1) is 5.41 Å². The first-order chi connectivity index (χ1) is 24.8. The Hall–Kier alpha value is -6.10. The molecule has 0 bridgehead atoms. The van der Waals surface area contributed by atoms with Gasteiger partial charge in [-0.1, -0.05) is 169 Å². The standard InChI is InChI=1S/C46H29N3S/c1-3-13-31(14-4-1)43-44(48-49-45(47-43)33-15-5-2-6-16-33)32-25-23-30(24-26-32)34-27-28-36-35-17-7-8-18-37(35)46(40(36)29-34)38-19-9-11-21-41(38)50-42-22-12-10-20-39(42)46/h1-29H. The van der Waals surface area contributed by atoms with Crippen LogP contribution in [0.4, 0.5) is 0 Å². The molecule has 0 amide bonds. The molecule has 1 aromatic heterocycles. The molecule has 8 aromatic rings. The predicted molar refractivity (Wildman–Crippen MR) is 203 cm³/mol. The van der Waals surface area contributed by atoms with Crippen molar-refractivity contribution in [1.82, 2.24) is 15.2 Å². The molecule has 1 aliphatic heterocycles. The van der Waals surface area contributed by atoms with Crippen molar-refractivity contribution in [3.63, 3.8) is 0 Å². The van der Waals surface area contributed by atoms with Gasteiger partial charge >= 0.3 is 0 Å². The van der Waals surface area contributed by atoms with E-state index < -0.39 is 5.41 Å². The summed E-state index contributed by atoms with van der Waals surface area (Å²) in [5.41, 5.74) is 14.4. The van der Waals surface area contributed by atoms with E-state index in [1.165, 1.54) is 48.7 Å². The minimum atomic E-state index is -0.396. The van der Waals surface area contributed by atoms with Gasteiger partial charge in [0.15, 0.2) is 5.82 Å². The predicted octanol–water partition coefficient (Wildman–Crippen LogP) is 11.4. The number of rotatable bonds is 4. The van der Waals surface area contributed by atoms with Crippen molar-refractivity contribution in [2.24, 2.45) is 0 Å². The van der Waals surface area contributed by atoms with Crippen LogP contribution in [0.15, 0.2) is 186 Å². The van der Waals surface area contributed by atoms with Gasteiger partial charge in [0.1, 0.15) is 11.4 Å². The molecule has 1 aliphatic carbocycles. The van der Waals surface area contributed by atoms with Crippen LogP contribution in [-0.2, 0) is 5.41 Å². The average Bonchev–Trinajstić information content (AvgIpc) is 3.48. The molecule has 0 saturated carbocycles. The van der Waals surface area contributed by atoms with E-state index in [-0.39, 0.29) is 0 Å². The summed E-state index contributed by atoms with van der Waals surface area (Å²) in [5.74, 6) is 0.613. The lowest BCUT2D eigenvalue weighted by molar-refractivity contribution is 0.722. The maximum absolute atomic E-state index is 5.04. The van der Waals surface area contributed by atoms with Crippen LogP contribution in [0.25, 0.3) is 56.2 Å². The van der Waals surface area contributed by atoms with E-state index >= 15 is 0 Å². The Balaban J connectivity index is 1.11. The zero-order valence-corrected chi connectivity index (χ0v) is 27.8. The summed E-state index contributed by atoms with van der Waals surface area (Å²) in [4.78, 5) is 7.66. The second-order valence-electron chi connectivity index (χ2n) is 12.8. The van der Waals surface area contributed by atoms with E-state index in [1.807, 2.05) is 60.3 Å². The molecule has 0 atom stereocenters. The van der Waals surface area contributed by atoms with E-state index in [1.54, 1.807) is 0 Å². The minimum absolute atomic E-state index is 0.396. The maximum Gasteiger partial charge on any atom is 0.182 e. The van der Waals surface area contributed by atoms with Crippen LogP contribution in [-0.4, -0.2) is 15.2 Å². The Morgan fingerprint density at radius 3 is 1.58 bits per heavy atom. The summed E-state index contributed by atoms with van der Waals surface area (Å²) in [7, 11) is 0. The molecule has 10 rings (SSSR count). The van der Waals surface area contributed by atoms with Gasteiger partial charge in [-0.25, -0.2) is 4.98 Å². The fourth-order valence-electron chi connectivity index (χ4n) is 7.88. The lowest BCUT2D eigenvalue weighted by Gasteiger charge is -2.39. The van der Waals surface area contributed by atoms with Crippen molar-refractivity contribution in [2.75, 3.05) is 0 Å². The van der Waals surface area contributed by atoms with Gasteiger partial charge in [-0.05, 0) is 62.7 Å². The first-order valence-electron chi connectivity index (χ1n) is 16.9. The van der Waals surface area contributed by atoms with Crippen LogP contribution in [0.5, 0.6) is 0 Å². The summed E-state index contributed by atoms with van der Waals surface area (Å²) in [5, 5.41) is 9.33. The van der Waals surface area contributed by atoms with Gasteiger partial charge in [0.25, 0.3) is 0 Å². The van der Waals surface area contributed by atoms with Gasteiger partial charge in [-0.2, -0.15) is 0 Å². The molecule has 4 heteroatoms. The lowest BCUT2D eigenvalue weighted by Crippen LogP contribution is -2.31. The largest absolute Gasteiger partial charge is 0.224 e. The summed E-state index contributed by atoms with van der Waals surface area (Å²) in [6, 6.07) is 62.8. The summed E-state index contributed by atoms with van der Waals surface area (Å²) < 4.78 is 0.